The number of hydrogen-bond acceptors (Lipinski definition) is 4. The molecule has 1 aromatic heterocycles. The van der Waals surface area contributed by atoms with E-state index in [0.717, 1.165) is 37.7 Å². The number of nitrogens with zero attached hydrogens (tertiary/aromatic N) is 2. The van der Waals surface area contributed by atoms with Crippen molar-refractivity contribution in [3.05, 3.63) is 22.9 Å². The van der Waals surface area contributed by atoms with Crippen molar-refractivity contribution < 1.29 is 9.53 Å². The molecule has 5 heteroatoms. The third kappa shape index (κ3) is 2.39. The SMILES string of the molecule is Cc1cc(N2CCOCC2)nc(C)c1C(N)=O. The molecule has 2 rings (SSSR count). The summed E-state index contributed by atoms with van der Waals surface area (Å²) in [5.41, 5.74) is 7.44. The van der Waals surface area contributed by atoms with E-state index in [1.54, 1.807) is 0 Å². The van der Waals surface area contributed by atoms with Gasteiger partial charge < -0.3 is 15.4 Å². The van der Waals surface area contributed by atoms with E-state index in [1.807, 2.05) is 19.9 Å². The summed E-state index contributed by atoms with van der Waals surface area (Å²) in [7, 11) is 0. The van der Waals surface area contributed by atoms with Crippen LogP contribution in [0.5, 0.6) is 0 Å². The standard InChI is InChI=1S/C12H17N3O2/c1-8-7-10(15-3-5-17-6-4-15)14-9(2)11(8)12(13)16/h7H,3-6H2,1-2H3,(H2,13,16). The number of ether oxygens (including phenoxy) is 1. The molecule has 17 heavy (non-hydrogen) atoms. The van der Waals surface area contributed by atoms with E-state index >= 15 is 0 Å². The Hall–Kier alpha value is -1.62. The summed E-state index contributed by atoms with van der Waals surface area (Å²) >= 11 is 0. The molecular weight excluding hydrogens is 218 g/mol. The lowest BCUT2D eigenvalue weighted by Crippen LogP contribution is -2.37. The molecule has 0 aliphatic carbocycles. The number of hydrogen-bond donors (Lipinski definition) is 1. The molecule has 5 nitrogen and oxygen atoms in total. The smallest absolute Gasteiger partial charge is 0.250 e. The van der Waals surface area contributed by atoms with Crippen molar-refractivity contribution in [1.29, 1.82) is 0 Å². The average Bonchev–Trinajstić information content (AvgIpc) is 2.28. The van der Waals surface area contributed by atoms with Crippen LogP contribution in [0.2, 0.25) is 0 Å². The van der Waals surface area contributed by atoms with Crippen LogP contribution < -0.4 is 10.6 Å². The van der Waals surface area contributed by atoms with Crippen LogP contribution in [0.25, 0.3) is 0 Å². The van der Waals surface area contributed by atoms with Crippen molar-refractivity contribution >= 4 is 11.7 Å². The number of carbonyl (C=O) groups is 1. The van der Waals surface area contributed by atoms with Crippen LogP contribution in [0.1, 0.15) is 21.6 Å². The molecule has 2 heterocycles. The molecule has 1 saturated heterocycles. The quantitative estimate of drug-likeness (QED) is 0.816. The van der Waals surface area contributed by atoms with Gasteiger partial charge in [0.25, 0.3) is 5.91 Å². The highest BCUT2D eigenvalue weighted by Crippen LogP contribution is 2.19. The number of aryl methyl sites for hydroxylation is 2. The van der Waals surface area contributed by atoms with Crippen LogP contribution in [-0.2, 0) is 4.74 Å². The van der Waals surface area contributed by atoms with Gasteiger partial charge in [0.2, 0.25) is 0 Å². The van der Waals surface area contributed by atoms with E-state index in [9.17, 15) is 4.79 Å². The summed E-state index contributed by atoms with van der Waals surface area (Å²) in [5.74, 6) is 0.481. The molecule has 0 radical (unpaired) electrons. The van der Waals surface area contributed by atoms with Gasteiger partial charge >= 0.3 is 0 Å². The average molecular weight is 235 g/mol. The predicted octanol–water partition coefficient (Wildman–Crippen LogP) is 0.634. The first kappa shape index (κ1) is 11.9. The monoisotopic (exact) mass is 235 g/mol. The largest absolute Gasteiger partial charge is 0.378 e. The van der Waals surface area contributed by atoms with Crippen LogP contribution in [0, 0.1) is 13.8 Å². The van der Waals surface area contributed by atoms with E-state index in [0.29, 0.717) is 11.3 Å². The number of rotatable bonds is 2. The number of pyridine rings is 1. The highest BCUT2D eigenvalue weighted by atomic mass is 16.5. The summed E-state index contributed by atoms with van der Waals surface area (Å²) in [4.78, 5) is 17.9. The van der Waals surface area contributed by atoms with Crippen LogP contribution in [-0.4, -0.2) is 37.2 Å². The molecule has 0 saturated carbocycles. The second kappa shape index (κ2) is 4.71. The van der Waals surface area contributed by atoms with Crippen molar-refractivity contribution in [1.82, 2.24) is 4.98 Å². The first-order valence-electron chi connectivity index (χ1n) is 5.70. The normalized spacial score (nSPS) is 16.0. The molecule has 1 aliphatic heterocycles. The fourth-order valence-corrected chi connectivity index (χ4v) is 2.14. The Morgan fingerprint density at radius 3 is 2.59 bits per heavy atom. The van der Waals surface area contributed by atoms with E-state index in [2.05, 4.69) is 9.88 Å². The van der Waals surface area contributed by atoms with Crippen molar-refractivity contribution in [3.8, 4) is 0 Å². The minimum absolute atomic E-state index is 0.416. The molecule has 2 N–H and O–H groups in total. The molecule has 92 valence electrons. The Labute approximate surface area is 101 Å². The number of carbonyl (C=O) groups excluding carboxylic acids is 1. The van der Waals surface area contributed by atoms with Gasteiger partial charge in [-0.15, -0.1) is 0 Å². The Kier molecular flexibility index (Phi) is 3.28. The van der Waals surface area contributed by atoms with Gasteiger partial charge in [0.1, 0.15) is 5.82 Å². The first-order chi connectivity index (χ1) is 8.09. The molecule has 1 fully saturated rings. The van der Waals surface area contributed by atoms with Gasteiger partial charge in [-0.05, 0) is 25.5 Å². The minimum atomic E-state index is -0.416. The van der Waals surface area contributed by atoms with Gasteiger partial charge in [-0.3, -0.25) is 4.79 Å². The van der Waals surface area contributed by atoms with Crippen molar-refractivity contribution in [2.75, 3.05) is 31.2 Å². The number of aromatic nitrogens is 1. The van der Waals surface area contributed by atoms with Gasteiger partial charge in [0.05, 0.1) is 24.5 Å². The van der Waals surface area contributed by atoms with Crippen molar-refractivity contribution in [2.45, 2.75) is 13.8 Å². The zero-order valence-electron chi connectivity index (χ0n) is 10.2. The van der Waals surface area contributed by atoms with Crippen LogP contribution in [0.3, 0.4) is 0 Å². The Morgan fingerprint density at radius 2 is 2.06 bits per heavy atom. The lowest BCUT2D eigenvalue weighted by atomic mass is 10.1. The molecule has 0 unspecified atom stereocenters. The second-order valence-corrected chi connectivity index (χ2v) is 4.22. The summed E-state index contributed by atoms with van der Waals surface area (Å²) in [6.07, 6.45) is 0. The predicted molar refractivity (Wildman–Crippen MR) is 65.3 cm³/mol. The maximum Gasteiger partial charge on any atom is 0.250 e. The van der Waals surface area contributed by atoms with Gasteiger partial charge in [0.15, 0.2) is 0 Å². The fraction of sp³-hybridized carbons (Fsp3) is 0.500. The maximum absolute atomic E-state index is 11.3. The van der Waals surface area contributed by atoms with E-state index in [-0.39, 0.29) is 0 Å². The van der Waals surface area contributed by atoms with E-state index in [1.165, 1.54) is 0 Å². The van der Waals surface area contributed by atoms with Gasteiger partial charge in [-0.1, -0.05) is 0 Å². The summed E-state index contributed by atoms with van der Waals surface area (Å²) in [6, 6.07) is 1.92. The molecule has 1 amide bonds. The third-order valence-electron chi connectivity index (χ3n) is 2.97. The lowest BCUT2D eigenvalue weighted by Gasteiger charge is -2.28. The Morgan fingerprint density at radius 1 is 1.41 bits per heavy atom. The lowest BCUT2D eigenvalue weighted by molar-refractivity contribution is 0.0998. The van der Waals surface area contributed by atoms with Gasteiger partial charge in [-0.2, -0.15) is 0 Å². The molecule has 0 aromatic carbocycles. The van der Waals surface area contributed by atoms with Crippen LogP contribution >= 0.6 is 0 Å². The Balaban J connectivity index is 2.34. The highest BCUT2D eigenvalue weighted by Gasteiger charge is 2.16. The summed E-state index contributed by atoms with van der Waals surface area (Å²) in [6.45, 7) is 6.81. The number of primary amides is 1. The summed E-state index contributed by atoms with van der Waals surface area (Å²) < 4.78 is 5.30. The minimum Gasteiger partial charge on any atom is -0.378 e. The molecule has 0 bridgehead atoms. The fourth-order valence-electron chi connectivity index (χ4n) is 2.14. The topological polar surface area (TPSA) is 68.4 Å². The molecule has 0 atom stereocenters. The number of nitrogens with two attached hydrogens (primary N) is 1. The summed E-state index contributed by atoms with van der Waals surface area (Å²) in [5, 5.41) is 0. The van der Waals surface area contributed by atoms with Crippen LogP contribution in [0.4, 0.5) is 5.82 Å². The number of morpholine rings is 1. The van der Waals surface area contributed by atoms with Crippen molar-refractivity contribution in [3.63, 3.8) is 0 Å². The third-order valence-corrected chi connectivity index (χ3v) is 2.97. The van der Waals surface area contributed by atoms with Crippen LogP contribution in [0.15, 0.2) is 6.07 Å². The number of anilines is 1. The molecule has 0 spiro atoms. The molecule has 1 aliphatic rings. The van der Waals surface area contributed by atoms with Crippen molar-refractivity contribution in [2.24, 2.45) is 5.73 Å². The maximum atomic E-state index is 11.3. The zero-order valence-corrected chi connectivity index (χ0v) is 10.2. The Bertz CT molecular complexity index is 416. The van der Waals surface area contributed by atoms with E-state index < -0.39 is 5.91 Å². The number of amides is 1. The molecule has 1 aromatic rings. The van der Waals surface area contributed by atoms with Gasteiger partial charge in [0, 0.05) is 13.1 Å². The van der Waals surface area contributed by atoms with E-state index in [4.69, 9.17) is 10.5 Å². The zero-order chi connectivity index (χ0) is 12.4. The molecular formula is C12H17N3O2. The van der Waals surface area contributed by atoms with Gasteiger partial charge in [-0.25, -0.2) is 4.98 Å². The highest BCUT2D eigenvalue weighted by molar-refractivity contribution is 5.95. The first-order valence-corrected chi connectivity index (χ1v) is 5.70. The second-order valence-electron chi connectivity index (χ2n) is 4.22.